The van der Waals surface area contributed by atoms with Gasteiger partial charge in [-0.2, -0.15) is 0 Å². The summed E-state index contributed by atoms with van der Waals surface area (Å²) in [5.74, 6) is 1.68. The Hall–Kier alpha value is -2.09. The van der Waals surface area contributed by atoms with E-state index < -0.39 is 0 Å². The Morgan fingerprint density at radius 3 is 2.61 bits per heavy atom. The van der Waals surface area contributed by atoms with E-state index in [1.54, 1.807) is 0 Å². The van der Waals surface area contributed by atoms with Crippen LogP contribution in [-0.2, 0) is 6.54 Å². The molecule has 0 saturated heterocycles. The quantitative estimate of drug-likeness (QED) is 0.629. The summed E-state index contributed by atoms with van der Waals surface area (Å²) in [5.41, 5.74) is 3.77. The zero-order valence-electron chi connectivity index (χ0n) is 10.1. The van der Waals surface area contributed by atoms with E-state index in [0.29, 0.717) is 5.92 Å². The topological polar surface area (TPSA) is 17.8 Å². The minimum Gasteiger partial charge on any atom is -0.327 e. The van der Waals surface area contributed by atoms with E-state index in [-0.39, 0.29) is 0 Å². The molecule has 1 unspecified atom stereocenters. The van der Waals surface area contributed by atoms with Gasteiger partial charge in [0.05, 0.1) is 11.0 Å². The van der Waals surface area contributed by atoms with Crippen LogP contribution in [0, 0.1) is 0 Å². The zero-order valence-corrected chi connectivity index (χ0v) is 10.1. The number of hydrogen-bond donors (Lipinski definition) is 0. The first-order valence-corrected chi connectivity index (χ1v) is 6.43. The van der Waals surface area contributed by atoms with E-state index in [0.717, 1.165) is 18.5 Å². The van der Waals surface area contributed by atoms with Crippen LogP contribution in [0.25, 0.3) is 11.0 Å². The lowest BCUT2D eigenvalue weighted by molar-refractivity contribution is 0.734. The average molecular weight is 234 g/mol. The third-order valence-electron chi connectivity index (χ3n) is 3.84. The van der Waals surface area contributed by atoms with E-state index in [1.165, 1.54) is 16.9 Å². The van der Waals surface area contributed by atoms with Gasteiger partial charge in [0.2, 0.25) is 0 Å². The van der Waals surface area contributed by atoms with Crippen molar-refractivity contribution in [2.24, 2.45) is 0 Å². The molecule has 18 heavy (non-hydrogen) atoms. The summed E-state index contributed by atoms with van der Waals surface area (Å²) in [4.78, 5) is 4.81. The van der Waals surface area contributed by atoms with Gasteiger partial charge in [0.25, 0.3) is 0 Å². The lowest BCUT2D eigenvalue weighted by atomic mass is 9.97. The maximum Gasteiger partial charge on any atom is 0.117 e. The number of hydrogen-bond acceptors (Lipinski definition) is 1. The molecule has 0 amide bonds. The third-order valence-corrected chi connectivity index (χ3v) is 3.84. The summed E-state index contributed by atoms with van der Waals surface area (Å²) < 4.78 is 2.37. The summed E-state index contributed by atoms with van der Waals surface area (Å²) >= 11 is 0. The molecule has 2 nitrogen and oxygen atoms in total. The highest BCUT2D eigenvalue weighted by atomic mass is 15.1. The maximum atomic E-state index is 4.81. The molecule has 0 N–H and O–H groups in total. The molecule has 2 heteroatoms. The standard InChI is InChI=1S/C16H14N2/c1-2-6-12(7-3-1)13-10-11-18-15-9-5-4-8-14(15)17-16(13)18/h1-9,13H,10-11H2. The number of nitrogens with zero attached hydrogens (tertiary/aromatic N) is 2. The fourth-order valence-corrected chi connectivity index (χ4v) is 2.98. The highest BCUT2D eigenvalue weighted by Crippen LogP contribution is 2.35. The minimum absolute atomic E-state index is 0.457. The molecule has 0 aliphatic carbocycles. The third kappa shape index (κ3) is 1.32. The predicted octanol–water partition coefficient (Wildman–Crippen LogP) is 3.57. The monoisotopic (exact) mass is 234 g/mol. The normalized spacial score (nSPS) is 18.1. The molecular weight excluding hydrogens is 220 g/mol. The molecule has 0 radical (unpaired) electrons. The molecule has 2 aromatic carbocycles. The van der Waals surface area contributed by atoms with Crippen LogP contribution < -0.4 is 0 Å². The molecule has 4 rings (SSSR count). The van der Waals surface area contributed by atoms with Gasteiger partial charge < -0.3 is 4.57 Å². The number of aryl methyl sites for hydroxylation is 1. The van der Waals surface area contributed by atoms with Gasteiger partial charge in [0.15, 0.2) is 0 Å². The molecule has 1 aliphatic rings. The highest BCUT2D eigenvalue weighted by Gasteiger charge is 2.27. The van der Waals surface area contributed by atoms with E-state index in [2.05, 4.69) is 59.2 Å². The first-order valence-electron chi connectivity index (χ1n) is 6.43. The van der Waals surface area contributed by atoms with Crippen molar-refractivity contribution in [3.8, 4) is 0 Å². The molecule has 0 fully saturated rings. The molecule has 2 heterocycles. The number of benzene rings is 2. The van der Waals surface area contributed by atoms with Gasteiger partial charge in [-0.1, -0.05) is 42.5 Å². The average Bonchev–Trinajstić information content (AvgIpc) is 2.98. The Kier molecular flexibility index (Phi) is 2.04. The SMILES string of the molecule is c1ccc(C2CCn3c2nc2ccccc23)cc1. The first kappa shape index (κ1) is 9.89. The van der Waals surface area contributed by atoms with Crippen LogP contribution in [0.15, 0.2) is 54.6 Å². The van der Waals surface area contributed by atoms with Crippen molar-refractivity contribution < 1.29 is 0 Å². The van der Waals surface area contributed by atoms with Crippen LogP contribution in [0.3, 0.4) is 0 Å². The molecule has 0 spiro atoms. The molecule has 88 valence electrons. The summed E-state index contributed by atoms with van der Waals surface area (Å²) in [5, 5.41) is 0. The first-order chi connectivity index (χ1) is 8.93. The van der Waals surface area contributed by atoms with Crippen LogP contribution in [0.4, 0.5) is 0 Å². The van der Waals surface area contributed by atoms with Crippen molar-refractivity contribution in [1.82, 2.24) is 9.55 Å². The summed E-state index contributed by atoms with van der Waals surface area (Å²) in [6.07, 6.45) is 1.16. The van der Waals surface area contributed by atoms with Crippen molar-refractivity contribution in [3.05, 3.63) is 66.0 Å². The molecule has 0 saturated carbocycles. The maximum absolute atomic E-state index is 4.81. The van der Waals surface area contributed by atoms with E-state index in [9.17, 15) is 0 Å². The molecule has 1 aromatic heterocycles. The Morgan fingerprint density at radius 2 is 1.72 bits per heavy atom. The van der Waals surface area contributed by atoms with Crippen LogP contribution in [0.5, 0.6) is 0 Å². The van der Waals surface area contributed by atoms with Crippen molar-refractivity contribution in [2.45, 2.75) is 18.9 Å². The van der Waals surface area contributed by atoms with Gasteiger partial charge in [-0.3, -0.25) is 0 Å². The molecular formula is C16H14N2. The predicted molar refractivity (Wildman–Crippen MR) is 72.6 cm³/mol. The number of fused-ring (bicyclic) bond motifs is 3. The van der Waals surface area contributed by atoms with Crippen LogP contribution >= 0.6 is 0 Å². The van der Waals surface area contributed by atoms with Crippen LogP contribution in [0.1, 0.15) is 23.7 Å². The summed E-state index contributed by atoms with van der Waals surface area (Å²) in [6, 6.07) is 19.1. The second-order valence-corrected chi connectivity index (χ2v) is 4.86. The smallest absolute Gasteiger partial charge is 0.117 e. The van der Waals surface area contributed by atoms with E-state index in [4.69, 9.17) is 4.98 Å². The van der Waals surface area contributed by atoms with Crippen LogP contribution in [-0.4, -0.2) is 9.55 Å². The largest absolute Gasteiger partial charge is 0.327 e. The Labute approximate surface area is 106 Å². The van der Waals surface area contributed by atoms with Gasteiger partial charge in [0, 0.05) is 12.5 Å². The van der Waals surface area contributed by atoms with Crippen LogP contribution in [0.2, 0.25) is 0 Å². The van der Waals surface area contributed by atoms with Gasteiger partial charge in [-0.15, -0.1) is 0 Å². The minimum atomic E-state index is 0.457. The fraction of sp³-hybridized carbons (Fsp3) is 0.188. The van der Waals surface area contributed by atoms with Gasteiger partial charge >= 0.3 is 0 Å². The lowest BCUT2D eigenvalue weighted by Crippen LogP contribution is -1.97. The molecule has 0 bridgehead atoms. The van der Waals surface area contributed by atoms with E-state index in [1.807, 2.05) is 0 Å². The number of rotatable bonds is 1. The molecule has 3 aromatic rings. The fourth-order valence-electron chi connectivity index (χ4n) is 2.98. The van der Waals surface area contributed by atoms with Crippen molar-refractivity contribution in [3.63, 3.8) is 0 Å². The number of imidazole rings is 1. The molecule has 1 aliphatic heterocycles. The van der Waals surface area contributed by atoms with Gasteiger partial charge in [-0.05, 0) is 24.1 Å². The van der Waals surface area contributed by atoms with Gasteiger partial charge in [0.1, 0.15) is 5.82 Å². The Morgan fingerprint density at radius 1 is 0.944 bits per heavy atom. The number of para-hydroxylation sites is 2. The van der Waals surface area contributed by atoms with Gasteiger partial charge in [-0.25, -0.2) is 4.98 Å². The second-order valence-electron chi connectivity index (χ2n) is 4.86. The number of aromatic nitrogens is 2. The van der Waals surface area contributed by atoms with E-state index >= 15 is 0 Å². The van der Waals surface area contributed by atoms with Crippen molar-refractivity contribution >= 4 is 11.0 Å². The zero-order chi connectivity index (χ0) is 11.9. The summed E-state index contributed by atoms with van der Waals surface area (Å²) in [7, 11) is 0. The lowest BCUT2D eigenvalue weighted by Gasteiger charge is -2.07. The highest BCUT2D eigenvalue weighted by molar-refractivity contribution is 5.76. The second kappa shape index (κ2) is 3.70. The molecule has 1 atom stereocenters. The Balaban J connectivity index is 1.90. The van der Waals surface area contributed by atoms with Crippen molar-refractivity contribution in [1.29, 1.82) is 0 Å². The summed E-state index contributed by atoms with van der Waals surface area (Å²) in [6.45, 7) is 1.08. The van der Waals surface area contributed by atoms with Crippen molar-refractivity contribution in [2.75, 3.05) is 0 Å². The Bertz CT molecular complexity index is 697.